The molecule has 5 N–H and O–H groups in total. The molecular formula is C12H19ClN2O2. The molecule has 1 rings (SSSR count). The van der Waals surface area contributed by atoms with E-state index in [9.17, 15) is 5.11 Å². The van der Waals surface area contributed by atoms with Crippen molar-refractivity contribution >= 4 is 11.6 Å². The van der Waals surface area contributed by atoms with E-state index < -0.39 is 12.1 Å². The van der Waals surface area contributed by atoms with Crippen LogP contribution in [0.15, 0.2) is 6.07 Å². The lowest BCUT2D eigenvalue weighted by Gasteiger charge is -2.23. The highest BCUT2D eigenvalue weighted by Crippen LogP contribution is 2.35. The number of aliphatic hydroxyl groups is 1. The Balaban J connectivity index is 3.35. The van der Waals surface area contributed by atoms with Gasteiger partial charge in [-0.25, -0.2) is 0 Å². The van der Waals surface area contributed by atoms with Crippen molar-refractivity contribution in [2.75, 3.05) is 13.7 Å². The van der Waals surface area contributed by atoms with Crippen LogP contribution in [0.1, 0.15) is 22.7 Å². The second kappa shape index (κ2) is 5.69. The molecule has 5 heteroatoms. The topological polar surface area (TPSA) is 81.5 Å². The summed E-state index contributed by atoms with van der Waals surface area (Å²) in [5, 5.41) is 10.4. The Morgan fingerprint density at radius 1 is 1.47 bits per heavy atom. The van der Waals surface area contributed by atoms with Crippen molar-refractivity contribution in [2.45, 2.75) is 26.0 Å². The van der Waals surface area contributed by atoms with Gasteiger partial charge in [-0.05, 0) is 31.0 Å². The number of hydrogen-bond acceptors (Lipinski definition) is 4. The molecule has 0 saturated carbocycles. The minimum Gasteiger partial charge on any atom is -0.496 e. The zero-order valence-electron chi connectivity index (χ0n) is 10.3. The van der Waals surface area contributed by atoms with Gasteiger partial charge in [-0.1, -0.05) is 11.6 Å². The van der Waals surface area contributed by atoms with E-state index in [4.69, 9.17) is 27.8 Å². The average Bonchev–Trinajstić information content (AvgIpc) is 2.33. The van der Waals surface area contributed by atoms with E-state index in [2.05, 4.69) is 0 Å². The van der Waals surface area contributed by atoms with Gasteiger partial charge in [-0.15, -0.1) is 0 Å². The van der Waals surface area contributed by atoms with Crippen LogP contribution in [-0.4, -0.2) is 24.9 Å². The van der Waals surface area contributed by atoms with E-state index in [0.717, 1.165) is 11.1 Å². The van der Waals surface area contributed by atoms with Crippen molar-refractivity contribution in [1.29, 1.82) is 0 Å². The van der Waals surface area contributed by atoms with E-state index in [0.29, 0.717) is 16.3 Å². The van der Waals surface area contributed by atoms with Gasteiger partial charge in [0.25, 0.3) is 0 Å². The van der Waals surface area contributed by atoms with Crippen molar-refractivity contribution in [3.05, 3.63) is 27.8 Å². The molecule has 0 aliphatic carbocycles. The largest absolute Gasteiger partial charge is 0.496 e. The van der Waals surface area contributed by atoms with Gasteiger partial charge in [0.15, 0.2) is 0 Å². The Bertz CT molecular complexity index is 410. The summed E-state index contributed by atoms with van der Waals surface area (Å²) in [6.45, 7) is 3.85. The molecule has 0 aliphatic heterocycles. The summed E-state index contributed by atoms with van der Waals surface area (Å²) >= 11 is 6.18. The normalized spacial score (nSPS) is 14.5. The van der Waals surface area contributed by atoms with Crippen LogP contribution in [-0.2, 0) is 0 Å². The summed E-state index contributed by atoms with van der Waals surface area (Å²) in [6.07, 6.45) is -0.818. The third-order valence-electron chi connectivity index (χ3n) is 2.90. The van der Waals surface area contributed by atoms with Crippen LogP contribution in [0.25, 0.3) is 0 Å². The van der Waals surface area contributed by atoms with Crippen LogP contribution in [0.3, 0.4) is 0 Å². The molecule has 0 fully saturated rings. The number of aryl methyl sites for hydroxylation is 1. The summed E-state index contributed by atoms with van der Waals surface area (Å²) in [6, 6.07) is 1.21. The van der Waals surface area contributed by atoms with E-state index in [-0.39, 0.29) is 6.54 Å². The predicted molar refractivity (Wildman–Crippen MR) is 69.5 cm³/mol. The highest BCUT2D eigenvalue weighted by Gasteiger charge is 2.23. The van der Waals surface area contributed by atoms with Gasteiger partial charge in [-0.2, -0.15) is 0 Å². The summed E-state index contributed by atoms with van der Waals surface area (Å²) < 4.78 is 5.29. The molecule has 0 bridgehead atoms. The maximum atomic E-state index is 9.74. The highest BCUT2D eigenvalue weighted by atomic mass is 35.5. The first-order chi connectivity index (χ1) is 7.93. The summed E-state index contributed by atoms with van der Waals surface area (Å²) in [4.78, 5) is 0. The summed E-state index contributed by atoms with van der Waals surface area (Å²) in [5.74, 6) is 0.629. The fourth-order valence-corrected chi connectivity index (χ4v) is 2.02. The first-order valence-electron chi connectivity index (χ1n) is 5.41. The lowest BCUT2D eigenvalue weighted by Crippen LogP contribution is -2.33. The number of ether oxygens (including phenoxy) is 1. The lowest BCUT2D eigenvalue weighted by atomic mass is 9.94. The van der Waals surface area contributed by atoms with Crippen LogP contribution in [0.5, 0.6) is 5.75 Å². The molecule has 0 saturated heterocycles. The molecule has 0 aliphatic rings. The number of nitrogens with two attached hydrogens (primary N) is 2. The predicted octanol–water partition coefficient (Wildman–Crippen LogP) is 1.28. The second-order valence-corrected chi connectivity index (χ2v) is 4.46. The number of aliphatic hydroxyl groups excluding tert-OH is 1. The molecular weight excluding hydrogens is 240 g/mol. The molecule has 0 spiro atoms. The number of halogens is 1. The number of hydrogen-bond donors (Lipinski definition) is 3. The van der Waals surface area contributed by atoms with E-state index in [1.54, 1.807) is 7.11 Å². The SMILES string of the molecule is COc1cc(C)c(Cl)c(C)c1C(N)C(O)CN. The first kappa shape index (κ1) is 14.3. The van der Waals surface area contributed by atoms with Gasteiger partial charge in [0, 0.05) is 17.1 Å². The fourth-order valence-electron chi connectivity index (χ4n) is 1.86. The maximum absolute atomic E-state index is 9.74. The first-order valence-corrected chi connectivity index (χ1v) is 5.79. The maximum Gasteiger partial charge on any atom is 0.124 e. The molecule has 0 amide bonds. The van der Waals surface area contributed by atoms with Crippen LogP contribution in [0, 0.1) is 13.8 Å². The van der Waals surface area contributed by atoms with E-state index >= 15 is 0 Å². The Morgan fingerprint density at radius 2 is 2.06 bits per heavy atom. The third-order valence-corrected chi connectivity index (χ3v) is 3.48. The zero-order valence-corrected chi connectivity index (χ0v) is 11.1. The highest BCUT2D eigenvalue weighted by molar-refractivity contribution is 6.32. The van der Waals surface area contributed by atoms with Crippen LogP contribution in [0.4, 0.5) is 0 Å². The minimum absolute atomic E-state index is 0.0925. The molecule has 1 aromatic rings. The smallest absolute Gasteiger partial charge is 0.124 e. The quantitative estimate of drug-likeness (QED) is 0.760. The number of methoxy groups -OCH3 is 1. The Morgan fingerprint density at radius 3 is 2.53 bits per heavy atom. The zero-order chi connectivity index (χ0) is 13.2. The van der Waals surface area contributed by atoms with Gasteiger partial charge >= 0.3 is 0 Å². The minimum atomic E-state index is -0.818. The standard InChI is InChI=1S/C12H19ClN2O2/c1-6-4-9(17-3)10(7(2)11(6)13)12(15)8(16)5-14/h4,8,12,16H,5,14-15H2,1-3H3. The molecule has 0 heterocycles. The number of benzene rings is 1. The molecule has 96 valence electrons. The Labute approximate surface area is 107 Å². The molecule has 2 atom stereocenters. The summed E-state index contributed by atoms with van der Waals surface area (Å²) in [5.41, 5.74) is 13.8. The van der Waals surface area contributed by atoms with E-state index in [1.807, 2.05) is 19.9 Å². The second-order valence-electron chi connectivity index (χ2n) is 4.08. The fraction of sp³-hybridized carbons (Fsp3) is 0.500. The van der Waals surface area contributed by atoms with E-state index in [1.165, 1.54) is 0 Å². The van der Waals surface area contributed by atoms with Gasteiger partial charge in [0.1, 0.15) is 5.75 Å². The van der Waals surface area contributed by atoms with Crippen molar-refractivity contribution in [1.82, 2.24) is 0 Å². The Kier molecular flexibility index (Phi) is 4.77. The van der Waals surface area contributed by atoms with Gasteiger partial charge in [-0.3, -0.25) is 0 Å². The van der Waals surface area contributed by atoms with Crippen molar-refractivity contribution < 1.29 is 9.84 Å². The molecule has 17 heavy (non-hydrogen) atoms. The lowest BCUT2D eigenvalue weighted by molar-refractivity contribution is 0.151. The summed E-state index contributed by atoms with van der Waals surface area (Å²) in [7, 11) is 1.56. The van der Waals surface area contributed by atoms with Crippen molar-refractivity contribution in [2.24, 2.45) is 11.5 Å². The molecule has 1 aromatic carbocycles. The Hall–Kier alpha value is -0.810. The third kappa shape index (κ3) is 2.72. The molecule has 4 nitrogen and oxygen atoms in total. The van der Waals surface area contributed by atoms with Crippen LogP contribution < -0.4 is 16.2 Å². The van der Waals surface area contributed by atoms with Crippen molar-refractivity contribution in [3.8, 4) is 5.75 Å². The number of rotatable bonds is 4. The monoisotopic (exact) mass is 258 g/mol. The van der Waals surface area contributed by atoms with Gasteiger partial charge in [0.05, 0.1) is 19.3 Å². The van der Waals surface area contributed by atoms with Gasteiger partial charge < -0.3 is 21.3 Å². The molecule has 0 radical (unpaired) electrons. The van der Waals surface area contributed by atoms with Crippen LogP contribution >= 0.6 is 11.6 Å². The van der Waals surface area contributed by atoms with Crippen molar-refractivity contribution in [3.63, 3.8) is 0 Å². The molecule has 0 aromatic heterocycles. The van der Waals surface area contributed by atoms with Gasteiger partial charge in [0.2, 0.25) is 0 Å². The van der Waals surface area contributed by atoms with Crippen LogP contribution in [0.2, 0.25) is 5.02 Å². The molecule has 2 unspecified atom stereocenters. The average molecular weight is 259 g/mol.